The van der Waals surface area contributed by atoms with Crippen molar-refractivity contribution in [3.05, 3.63) is 0 Å². The van der Waals surface area contributed by atoms with Crippen LogP contribution < -0.4 is 16.4 Å². The van der Waals surface area contributed by atoms with Gasteiger partial charge in [0.1, 0.15) is 0 Å². The van der Waals surface area contributed by atoms with Crippen LogP contribution in [0.4, 0.5) is 0 Å². The van der Waals surface area contributed by atoms with Crippen molar-refractivity contribution in [3.63, 3.8) is 0 Å². The Morgan fingerprint density at radius 1 is 1.21 bits per heavy atom. The molecule has 6 heteroatoms. The van der Waals surface area contributed by atoms with E-state index in [1.807, 2.05) is 6.92 Å². The summed E-state index contributed by atoms with van der Waals surface area (Å²) in [5.41, 5.74) is 5.66. The van der Waals surface area contributed by atoms with Gasteiger partial charge < -0.3 is 16.4 Å². The van der Waals surface area contributed by atoms with Crippen LogP contribution >= 0.6 is 12.4 Å². The quantitative estimate of drug-likeness (QED) is 0.653. The number of halogens is 1. The van der Waals surface area contributed by atoms with Crippen LogP contribution in [0, 0.1) is 5.92 Å². The van der Waals surface area contributed by atoms with Gasteiger partial charge in [0.05, 0.1) is 0 Å². The number of carbonyl (C=O) groups is 2. The lowest BCUT2D eigenvalue weighted by molar-refractivity contribution is -0.126. The third-order valence-corrected chi connectivity index (χ3v) is 3.46. The number of rotatable bonds is 7. The molecule has 0 spiro atoms. The molecule has 1 aliphatic rings. The number of hydrogen-bond acceptors (Lipinski definition) is 3. The molecule has 0 aromatic heterocycles. The summed E-state index contributed by atoms with van der Waals surface area (Å²) in [6, 6.07) is 0.209. The summed E-state index contributed by atoms with van der Waals surface area (Å²) in [5, 5.41) is 5.75. The first kappa shape index (κ1) is 18.2. The Hall–Kier alpha value is -0.810. The molecule has 112 valence electrons. The van der Waals surface area contributed by atoms with Gasteiger partial charge in [-0.15, -0.1) is 12.4 Å². The maximum Gasteiger partial charge on any atom is 0.220 e. The zero-order chi connectivity index (χ0) is 13.4. The van der Waals surface area contributed by atoms with Gasteiger partial charge in [0.2, 0.25) is 11.8 Å². The van der Waals surface area contributed by atoms with E-state index in [0.29, 0.717) is 19.0 Å². The lowest BCUT2D eigenvalue weighted by Gasteiger charge is -2.19. The van der Waals surface area contributed by atoms with Crippen molar-refractivity contribution >= 4 is 24.2 Å². The van der Waals surface area contributed by atoms with Gasteiger partial charge in [-0.05, 0) is 31.7 Å². The molecule has 1 rings (SSSR count). The van der Waals surface area contributed by atoms with Crippen LogP contribution in [0.3, 0.4) is 0 Å². The normalized spacial score (nSPS) is 21.6. The second kappa shape index (κ2) is 10.0. The van der Waals surface area contributed by atoms with Gasteiger partial charge in [0.25, 0.3) is 0 Å². The van der Waals surface area contributed by atoms with Crippen LogP contribution in [-0.4, -0.2) is 30.9 Å². The van der Waals surface area contributed by atoms with Crippen LogP contribution in [0.1, 0.15) is 45.4 Å². The molecule has 19 heavy (non-hydrogen) atoms. The third-order valence-electron chi connectivity index (χ3n) is 3.46. The van der Waals surface area contributed by atoms with E-state index in [1.54, 1.807) is 0 Å². The van der Waals surface area contributed by atoms with Crippen molar-refractivity contribution in [1.82, 2.24) is 10.6 Å². The highest BCUT2D eigenvalue weighted by molar-refractivity contribution is 5.85. The maximum absolute atomic E-state index is 11.7. The molecule has 0 aliphatic heterocycles. The minimum Gasteiger partial charge on any atom is -0.356 e. The van der Waals surface area contributed by atoms with Crippen LogP contribution in [0.25, 0.3) is 0 Å². The van der Waals surface area contributed by atoms with Gasteiger partial charge >= 0.3 is 0 Å². The summed E-state index contributed by atoms with van der Waals surface area (Å²) in [7, 11) is 0. The van der Waals surface area contributed by atoms with Gasteiger partial charge in [0, 0.05) is 25.4 Å². The Morgan fingerprint density at radius 3 is 2.53 bits per heavy atom. The lowest BCUT2D eigenvalue weighted by Crippen LogP contribution is -2.40. The average molecular weight is 292 g/mol. The van der Waals surface area contributed by atoms with Crippen molar-refractivity contribution < 1.29 is 9.59 Å². The van der Waals surface area contributed by atoms with E-state index >= 15 is 0 Å². The Labute approximate surface area is 121 Å². The summed E-state index contributed by atoms with van der Waals surface area (Å²) in [6.07, 6.45) is 4.69. The number of carbonyl (C=O) groups excluding carboxylic acids is 2. The largest absolute Gasteiger partial charge is 0.356 e. The Bertz CT molecular complexity index is 287. The molecule has 4 N–H and O–H groups in total. The molecule has 0 bridgehead atoms. The van der Waals surface area contributed by atoms with Gasteiger partial charge in [-0.25, -0.2) is 0 Å². The van der Waals surface area contributed by atoms with E-state index in [9.17, 15) is 9.59 Å². The maximum atomic E-state index is 11.7. The fourth-order valence-electron chi connectivity index (χ4n) is 2.37. The lowest BCUT2D eigenvalue weighted by atomic mass is 10.0. The Morgan fingerprint density at radius 2 is 1.89 bits per heavy atom. The van der Waals surface area contributed by atoms with Crippen molar-refractivity contribution in [2.24, 2.45) is 11.7 Å². The summed E-state index contributed by atoms with van der Waals surface area (Å²) in [4.78, 5) is 23.1. The Balaban J connectivity index is 0.00000324. The zero-order valence-corrected chi connectivity index (χ0v) is 12.4. The van der Waals surface area contributed by atoms with Gasteiger partial charge in [0.15, 0.2) is 0 Å². The van der Waals surface area contributed by atoms with Crippen LogP contribution in [0.15, 0.2) is 0 Å². The third kappa shape index (κ3) is 6.78. The molecule has 2 atom stereocenters. The van der Waals surface area contributed by atoms with Crippen LogP contribution in [0.5, 0.6) is 0 Å². The minimum atomic E-state index is -0.0474. The molecule has 1 saturated carbocycles. The van der Waals surface area contributed by atoms with Crippen molar-refractivity contribution in [3.8, 4) is 0 Å². The monoisotopic (exact) mass is 291 g/mol. The second-order valence-electron chi connectivity index (χ2n) is 4.95. The second-order valence-corrected chi connectivity index (χ2v) is 4.95. The minimum absolute atomic E-state index is 0. The fourth-order valence-corrected chi connectivity index (χ4v) is 2.37. The molecule has 0 heterocycles. The summed E-state index contributed by atoms with van der Waals surface area (Å²) < 4.78 is 0. The predicted molar refractivity (Wildman–Crippen MR) is 78.1 cm³/mol. The van der Waals surface area contributed by atoms with Crippen LogP contribution in [0.2, 0.25) is 0 Å². The SMILES string of the molecule is CCCNC(=O)CCC(=O)NC1CCCC1CN.Cl. The Kier molecular flexibility index (Phi) is 9.61. The van der Waals surface area contributed by atoms with E-state index in [4.69, 9.17) is 5.73 Å². The van der Waals surface area contributed by atoms with E-state index in [1.165, 1.54) is 0 Å². The van der Waals surface area contributed by atoms with E-state index < -0.39 is 0 Å². The molecule has 1 aliphatic carbocycles. The number of hydrogen-bond donors (Lipinski definition) is 3. The van der Waals surface area contributed by atoms with E-state index in [2.05, 4.69) is 10.6 Å². The molecule has 1 fully saturated rings. The number of amides is 2. The van der Waals surface area contributed by atoms with Gasteiger partial charge in [-0.1, -0.05) is 13.3 Å². The summed E-state index contributed by atoms with van der Waals surface area (Å²) in [5.74, 6) is 0.323. The number of nitrogens with one attached hydrogen (secondary N) is 2. The van der Waals surface area contributed by atoms with Gasteiger partial charge in [-0.2, -0.15) is 0 Å². The summed E-state index contributed by atoms with van der Waals surface area (Å²) in [6.45, 7) is 3.31. The highest BCUT2D eigenvalue weighted by Gasteiger charge is 2.27. The molecule has 0 aromatic carbocycles. The highest BCUT2D eigenvalue weighted by Crippen LogP contribution is 2.24. The van der Waals surface area contributed by atoms with E-state index in [-0.39, 0.29) is 43.1 Å². The van der Waals surface area contributed by atoms with Crippen molar-refractivity contribution in [2.75, 3.05) is 13.1 Å². The smallest absolute Gasteiger partial charge is 0.220 e. The van der Waals surface area contributed by atoms with Gasteiger partial charge in [-0.3, -0.25) is 9.59 Å². The van der Waals surface area contributed by atoms with Crippen molar-refractivity contribution in [1.29, 1.82) is 0 Å². The average Bonchev–Trinajstić information content (AvgIpc) is 2.81. The topological polar surface area (TPSA) is 84.2 Å². The van der Waals surface area contributed by atoms with Crippen LogP contribution in [-0.2, 0) is 9.59 Å². The van der Waals surface area contributed by atoms with Crippen molar-refractivity contribution in [2.45, 2.75) is 51.5 Å². The van der Waals surface area contributed by atoms with E-state index in [0.717, 1.165) is 25.7 Å². The highest BCUT2D eigenvalue weighted by atomic mass is 35.5. The fraction of sp³-hybridized carbons (Fsp3) is 0.846. The molecule has 0 aromatic rings. The molecule has 2 amide bonds. The first-order valence-electron chi connectivity index (χ1n) is 6.93. The standard InChI is InChI=1S/C13H25N3O2.ClH/c1-2-8-15-12(17)6-7-13(18)16-11-5-3-4-10(11)9-14;/h10-11H,2-9,14H2,1H3,(H,15,17)(H,16,18);1H. The molecular weight excluding hydrogens is 266 g/mol. The molecule has 0 saturated heterocycles. The summed E-state index contributed by atoms with van der Waals surface area (Å²) >= 11 is 0. The molecule has 0 radical (unpaired) electrons. The molecule has 5 nitrogen and oxygen atoms in total. The molecule has 2 unspecified atom stereocenters. The predicted octanol–water partition coefficient (Wildman–Crippen LogP) is 0.958. The zero-order valence-electron chi connectivity index (χ0n) is 11.6. The first-order chi connectivity index (χ1) is 8.67. The molecular formula is C13H26ClN3O2. The first-order valence-corrected chi connectivity index (χ1v) is 6.93. The number of nitrogens with two attached hydrogens (primary N) is 1.